The average molecular weight is 497 g/mol. The molecular weight excluding hydrogens is 472 g/mol. The third kappa shape index (κ3) is 6.19. The number of benzene rings is 1. The monoisotopic (exact) mass is 496 g/mol. The van der Waals surface area contributed by atoms with Gasteiger partial charge < -0.3 is 14.5 Å². The smallest absolute Gasteiger partial charge is 0.311 e. The first kappa shape index (κ1) is 25.3. The van der Waals surface area contributed by atoms with Crippen molar-refractivity contribution < 1.29 is 29.0 Å². The van der Waals surface area contributed by atoms with Crippen LogP contribution in [-0.2, 0) is 25.7 Å². The fraction of sp³-hybridized carbons (Fsp3) is 0.571. The molecule has 2 heterocycles. The number of alkyl halides is 1. The molecule has 2 aliphatic rings. The molecule has 0 unspecified atom stereocenters. The number of ether oxygens (including phenoxy) is 1. The van der Waals surface area contributed by atoms with Gasteiger partial charge in [-0.1, -0.05) is 0 Å². The van der Waals surface area contributed by atoms with Crippen LogP contribution in [-0.4, -0.2) is 69.5 Å². The molecule has 2 aliphatic heterocycles. The number of amides is 2. The number of hydrogen-bond acceptors (Lipinski definition) is 8. The van der Waals surface area contributed by atoms with E-state index in [1.165, 1.54) is 0 Å². The molecule has 2 atom stereocenters. The summed E-state index contributed by atoms with van der Waals surface area (Å²) in [5.41, 5.74) is -0.808. The van der Waals surface area contributed by atoms with E-state index < -0.39 is 33.1 Å². The average Bonchev–Trinajstić information content (AvgIpc) is 2.86. The van der Waals surface area contributed by atoms with E-state index in [1.807, 2.05) is 0 Å². The maximum absolute atomic E-state index is 13.0. The lowest BCUT2D eigenvalue weighted by Crippen LogP contribution is -2.50. The Hall–Kier alpha value is -3.28. The molecule has 3 rings (SSSR count). The molecule has 0 bridgehead atoms. The van der Waals surface area contributed by atoms with E-state index in [0.29, 0.717) is 45.3 Å². The van der Waals surface area contributed by atoms with E-state index >= 15 is 0 Å². The van der Waals surface area contributed by atoms with Crippen molar-refractivity contribution in [3.63, 3.8) is 0 Å². The molecule has 1 aromatic rings. The van der Waals surface area contributed by atoms with Crippen LogP contribution in [0.3, 0.4) is 0 Å². The SMILES string of the molecule is O=C(OCc1cc([N+](=O)[O-])cc([N+](=O)[O-])c1)[C@H]1CCCN(C(=O)[C@@H]2CCCN(C(=O)CCl)C2)C1. The van der Waals surface area contributed by atoms with Crippen molar-refractivity contribution in [1.29, 1.82) is 0 Å². The minimum atomic E-state index is -0.754. The fourth-order valence-electron chi connectivity index (χ4n) is 4.34. The van der Waals surface area contributed by atoms with Gasteiger partial charge in [0.1, 0.15) is 12.5 Å². The number of esters is 1. The number of nitro groups is 2. The summed E-state index contributed by atoms with van der Waals surface area (Å²) < 4.78 is 5.28. The van der Waals surface area contributed by atoms with E-state index in [9.17, 15) is 34.6 Å². The van der Waals surface area contributed by atoms with Crippen LogP contribution in [0.15, 0.2) is 18.2 Å². The zero-order valence-corrected chi connectivity index (χ0v) is 19.1. The van der Waals surface area contributed by atoms with Crippen LogP contribution >= 0.6 is 11.6 Å². The van der Waals surface area contributed by atoms with Crippen LogP contribution in [0.1, 0.15) is 31.2 Å². The normalized spacial score (nSPS) is 20.5. The number of likely N-dealkylation sites (tertiary alicyclic amines) is 2. The quantitative estimate of drug-likeness (QED) is 0.241. The minimum absolute atomic E-state index is 0.112. The van der Waals surface area contributed by atoms with E-state index in [-0.39, 0.29) is 42.3 Å². The number of rotatable bonds is 7. The lowest BCUT2D eigenvalue weighted by molar-refractivity contribution is -0.394. The van der Waals surface area contributed by atoms with Gasteiger partial charge in [-0.25, -0.2) is 0 Å². The van der Waals surface area contributed by atoms with Crippen LogP contribution in [0, 0.1) is 32.1 Å². The molecular formula is C21H25ClN4O8. The Morgan fingerprint density at radius 1 is 0.941 bits per heavy atom. The number of carbonyl (C=O) groups is 3. The lowest BCUT2D eigenvalue weighted by atomic mass is 9.93. The molecule has 0 radical (unpaired) electrons. The highest BCUT2D eigenvalue weighted by Gasteiger charge is 2.35. The van der Waals surface area contributed by atoms with Crippen molar-refractivity contribution in [3.05, 3.63) is 44.0 Å². The number of halogens is 1. The Kier molecular flexibility index (Phi) is 8.37. The largest absolute Gasteiger partial charge is 0.461 e. The maximum atomic E-state index is 13.0. The van der Waals surface area contributed by atoms with Gasteiger partial charge in [0.2, 0.25) is 11.8 Å². The Balaban J connectivity index is 1.59. The fourth-order valence-corrected chi connectivity index (χ4v) is 4.51. The summed E-state index contributed by atoms with van der Waals surface area (Å²) in [5, 5.41) is 22.1. The Bertz CT molecular complexity index is 955. The summed E-state index contributed by atoms with van der Waals surface area (Å²) in [7, 11) is 0. The third-order valence-corrected chi connectivity index (χ3v) is 6.30. The summed E-state index contributed by atoms with van der Waals surface area (Å²) in [4.78, 5) is 61.3. The first-order valence-corrected chi connectivity index (χ1v) is 11.4. The Labute approximate surface area is 200 Å². The maximum Gasteiger partial charge on any atom is 0.311 e. The van der Waals surface area contributed by atoms with Gasteiger partial charge in [-0.05, 0) is 25.7 Å². The van der Waals surface area contributed by atoms with Gasteiger partial charge in [0.05, 0.1) is 27.7 Å². The molecule has 2 saturated heterocycles. The predicted molar refractivity (Wildman–Crippen MR) is 119 cm³/mol. The van der Waals surface area contributed by atoms with Crippen LogP contribution < -0.4 is 0 Å². The van der Waals surface area contributed by atoms with Gasteiger partial charge in [0.15, 0.2) is 0 Å². The molecule has 0 spiro atoms. The summed E-state index contributed by atoms with van der Waals surface area (Å²) in [6.07, 6.45) is 2.47. The summed E-state index contributed by atoms with van der Waals surface area (Å²) in [5.74, 6) is -1.95. The van der Waals surface area contributed by atoms with Gasteiger partial charge in [0.25, 0.3) is 11.4 Å². The van der Waals surface area contributed by atoms with Crippen molar-refractivity contribution >= 4 is 40.8 Å². The highest BCUT2D eigenvalue weighted by atomic mass is 35.5. The molecule has 12 nitrogen and oxygen atoms in total. The second kappa shape index (κ2) is 11.2. The molecule has 0 N–H and O–H groups in total. The molecule has 2 fully saturated rings. The second-order valence-electron chi connectivity index (χ2n) is 8.42. The molecule has 184 valence electrons. The van der Waals surface area contributed by atoms with Gasteiger partial charge in [-0.3, -0.25) is 34.6 Å². The highest BCUT2D eigenvalue weighted by molar-refractivity contribution is 6.27. The van der Waals surface area contributed by atoms with Crippen molar-refractivity contribution in [3.8, 4) is 0 Å². The topological polar surface area (TPSA) is 153 Å². The van der Waals surface area contributed by atoms with Crippen molar-refractivity contribution in [2.45, 2.75) is 32.3 Å². The summed E-state index contributed by atoms with van der Waals surface area (Å²) in [6.45, 7) is 1.19. The number of carbonyl (C=O) groups excluding carboxylic acids is 3. The number of nitrogens with zero attached hydrogens (tertiary/aromatic N) is 4. The van der Waals surface area contributed by atoms with E-state index in [2.05, 4.69) is 0 Å². The lowest BCUT2D eigenvalue weighted by Gasteiger charge is -2.37. The summed E-state index contributed by atoms with van der Waals surface area (Å²) in [6, 6.07) is 3.07. The molecule has 0 saturated carbocycles. The van der Waals surface area contributed by atoms with Gasteiger partial charge in [-0.2, -0.15) is 0 Å². The van der Waals surface area contributed by atoms with Crippen LogP contribution in [0.4, 0.5) is 11.4 Å². The number of hydrogen-bond donors (Lipinski definition) is 0. The first-order valence-electron chi connectivity index (χ1n) is 10.9. The van der Waals surface area contributed by atoms with Crippen LogP contribution in [0.2, 0.25) is 0 Å². The van der Waals surface area contributed by atoms with E-state index in [1.54, 1.807) is 9.80 Å². The number of piperidine rings is 2. The molecule has 0 aromatic heterocycles. The van der Waals surface area contributed by atoms with Crippen molar-refractivity contribution in [2.75, 3.05) is 32.1 Å². The molecule has 34 heavy (non-hydrogen) atoms. The van der Waals surface area contributed by atoms with Crippen molar-refractivity contribution in [1.82, 2.24) is 9.80 Å². The zero-order chi connectivity index (χ0) is 24.8. The Morgan fingerprint density at radius 3 is 2.09 bits per heavy atom. The highest BCUT2D eigenvalue weighted by Crippen LogP contribution is 2.26. The first-order chi connectivity index (χ1) is 16.2. The van der Waals surface area contributed by atoms with Gasteiger partial charge in [0, 0.05) is 43.9 Å². The Morgan fingerprint density at radius 2 is 1.50 bits per heavy atom. The third-order valence-electron chi connectivity index (χ3n) is 6.07. The molecule has 2 amide bonds. The number of nitro benzene ring substituents is 2. The van der Waals surface area contributed by atoms with Crippen molar-refractivity contribution in [2.24, 2.45) is 11.8 Å². The predicted octanol–water partition coefficient (Wildman–Crippen LogP) is 2.26. The summed E-state index contributed by atoms with van der Waals surface area (Å²) >= 11 is 5.63. The van der Waals surface area contributed by atoms with Gasteiger partial charge in [-0.15, -0.1) is 11.6 Å². The van der Waals surface area contributed by atoms with Crippen LogP contribution in [0.5, 0.6) is 0 Å². The van der Waals surface area contributed by atoms with E-state index in [0.717, 1.165) is 18.2 Å². The second-order valence-corrected chi connectivity index (χ2v) is 8.68. The molecule has 1 aromatic carbocycles. The minimum Gasteiger partial charge on any atom is -0.461 e. The van der Waals surface area contributed by atoms with Gasteiger partial charge >= 0.3 is 5.97 Å². The number of non-ortho nitro benzene ring substituents is 2. The zero-order valence-electron chi connectivity index (χ0n) is 18.4. The molecule has 13 heteroatoms. The van der Waals surface area contributed by atoms with E-state index in [4.69, 9.17) is 16.3 Å². The molecule has 0 aliphatic carbocycles. The standard InChI is InChI=1S/C21H25ClN4O8/c22-10-19(27)23-5-1-3-15(11-23)20(28)24-6-2-4-16(12-24)21(29)34-13-14-7-17(25(30)31)9-18(8-14)26(32)33/h7-9,15-16H,1-6,10-13H2/t15-,16+/m1/s1. The van der Waals surface area contributed by atoms with Crippen LogP contribution in [0.25, 0.3) is 0 Å².